The van der Waals surface area contributed by atoms with Crippen LogP contribution in [0.2, 0.25) is 0 Å². The second-order valence-electron chi connectivity index (χ2n) is 5.71. The Morgan fingerprint density at radius 2 is 2.22 bits per heavy atom. The van der Waals surface area contributed by atoms with Gasteiger partial charge < -0.3 is 15.2 Å². The van der Waals surface area contributed by atoms with Gasteiger partial charge in [0, 0.05) is 36.9 Å². The van der Waals surface area contributed by atoms with Crippen LogP contribution in [0.5, 0.6) is 0 Å². The Kier molecular flexibility index (Phi) is 5.65. The molecule has 0 aliphatic carbocycles. The summed E-state index contributed by atoms with van der Waals surface area (Å²) in [6.45, 7) is 4.21. The first-order valence-electron chi connectivity index (χ1n) is 8.08. The summed E-state index contributed by atoms with van der Waals surface area (Å²) in [6, 6.07) is 4.42. The zero-order valence-electron chi connectivity index (χ0n) is 13.1. The highest BCUT2D eigenvalue weighted by molar-refractivity contribution is 7.10. The van der Waals surface area contributed by atoms with Gasteiger partial charge in [-0.1, -0.05) is 6.07 Å². The number of hydrogen-bond acceptors (Lipinski definition) is 4. The van der Waals surface area contributed by atoms with E-state index in [2.05, 4.69) is 38.0 Å². The summed E-state index contributed by atoms with van der Waals surface area (Å²) in [5.74, 6) is 0. The van der Waals surface area contributed by atoms with E-state index in [0.717, 1.165) is 19.6 Å². The largest absolute Gasteiger partial charge is 0.336 e. The highest BCUT2D eigenvalue weighted by Gasteiger charge is 2.24. The lowest BCUT2D eigenvalue weighted by Crippen LogP contribution is -2.42. The molecule has 2 N–H and O–H groups in total. The second kappa shape index (κ2) is 8.12. The number of thiophene rings is 1. The van der Waals surface area contributed by atoms with Crippen LogP contribution in [0.4, 0.5) is 4.79 Å². The maximum absolute atomic E-state index is 12.0. The van der Waals surface area contributed by atoms with Crippen LogP contribution in [0, 0.1) is 0 Å². The van der Waals surface area contributed by atoms with Crippen molar-refractivity contribution < 1.29 is 4.79 Å². The van der Waals surface area contributed by atoms with E-state index in [1.807, 2.05) is 10.8 Å². The number of rotatable bonds is 7. The number of carbonyl (C=O) groups excluding carboxylic acids is 1. The summed E-state index contributed by atoms with van der Waals surface area (Å²) in [6.07, 6.45) is 7.87. The molecule has 1 atom stereocenters. The summed E-state index contributed by atoms with van der Waals surface area (Å²) in [5.41, 5.74) is 0. The molecule has 0 spiro atoms. The van der Waals surface area contributed by atoms with E-state index in [1.54, 1.807) is 23.9 Å². The normalized spacial score (nSPS) is 16.3. The van der Waals surface area contributed by atoms with Crippen LogP contribution in [0.1, 0.15) is 23.8 Å². The molecule has 3 heterocycles. The van der Waals surface area contributed by atoms with Crippen LogP contribution in [0.25, 0.3) is 0 Å². The number of carbonyl (C=O) groups is 1. The van der Waals surface area contributed by atoms with Crippen molar-refractivity contribution in [2.75, 3.05) is 26.2 Å². The van der Waals surface area contributed by atoms with Crippen molar-refractivity contribution in [3.63, 3.8) is 0 Å². The van der Waals surface area contributed by atoms with Crippen LogP contribution in [-0.2, 0) is 6.54 Å². The third kappa shape index (κ3) is 4.56. The molecule has 1 aliphatic heterocycles. The number of amides is 2. The van der Waals surface area contributed by atoms with Crippen LogP contribution >= 0.6 is 11.3 Å². The maximum Gasteiger partial charge on any atom is 0.314 e. The van der Waals surface area contributed by atoms with Crippen molar-refractivity contribution in [3.05, 3.63) is 41.1 Å². The Morgan fingerprint density at radius 3 is 2.91 bits per heavy atom. The number of nitrogens with one attached hydrogen (secondary N) is 2. The Balaban J connectivity index is 1.45. The van der Waals surface area contributed by atoms with Crippen LogP contribution in [0.15, 0.2) is 36.2 Å². The van der Waals surface area contributed by atoms with Gasteiger partial charge in [0.1, 0.15) is 0 Å². The lowest BCUT2D eigenvalue weighted by atomic mass is 10.2. The number of likely N-dealkylation sites (tertiary alicyclic amines) is 1. The van der Waals surface area contributed by atoms with Crippen molar-refractivity contribution in [2.45, 2.75) is 25.4 Å². The van der Waals surface area contributed by atoms with Crippen LogP contribution in [0.3, 0.4) is 0 Å². The number of aromatic nitrogens is 2. The molecular weight excluding hydrogens is 310 g/mol. The van der Waals surface area contributed by atoms with E-state index in [1.165, 1.54) is 17.7 Å². The van der Waals surface area contributed by atoms with Crippen molar-refractivity contribution in [2.24, 2.45) is 0 Å². The predicted octanol–water partition coefficient (Wildman–Crippen LogP) is 2.08. The molecule has 0 bridgehead atoms. The SMILES string of the molecule is O=C(NCCn1ccnc1)NC[C@H](c1cccs1)N1CCCC1. The van der Waals surface area contributed by atoms with E-state index in [9.17, 15) is 4.79 Å². The molecule has 1 saturated heterocycles. The van der Waals surface area contributed by atoms with Gasteiger partial charge in [0.15, 0.2) is 0 Å². The first kappa shape index (κ1) is 16.0. The molecule has 1 fully saturated rings. The number of nitrogens with zero attached hydrogens (tertiary/aromatic N) is 3. The zero-order valence-corrected chi connectivity index (χ0v) is 14.0. The maximum atomic E-state index is 12.0. The summed E-state index contributed by atoms with van der Waals surface area (Å²) in [5, 5.41) is 8.02. The smallest absolute Gasteiger partial charge is 0.314 e. The number of urea groups is 1. The van der Waals surface area contributed by atoms with E-state index in [4.69, 9.17) is 0 Å². The summed E-state index contributed by atoms with van der Waals surface area (Å²) < 4.78 is 1.94. The molecule has 6 nitrogen and oxygen atoms in total. The van der Waals surface area contributed by atoms with E-state index in [-0.39, 0.29) is 12.1 Å². The number of imidazole rings is 1. The van der Waals surface area contributed by atoms with Crippen LogP contribution in [-0.4, -0.2) is 46.7 Å². The highest BCUT2D eigenvalue weighted by atomic mass is 32.1. The molecule has 2 aromatic rings. The second-order valence-corrected chi connectivity index (χ2v) is 6.69. The topological polar surface area (TPSA) is 62.2 Å². The van der Waals surface area contributed by atoms with Gasteiger partial charge in [0.05, 0.1) is 12.4 Å². The molecule has 0 unspecified atom stereocenters. The Labute approximate surface area is 140 Å². The first-order valence-corrected chi connectivity index (χ1v) is 8.96. The summed E-state index contributed by atoms with van der Waals surface area (Å²) in [7, 11) is 0. The fourth-order valence-corrected chi connectivity index (χ4v) is 3.77. The van der Waals surface area contributed by atoms with E-state index >= 15 is 0 Å². The van der Waals surface area contributed by atoms with Gasteiger partial charge in [-0.2, -0.15) is 0 Å². The van der Waals surface area contributed by atoms with Crippen molar-refractivity contribution in [1.29, 1.82) is 0 Å². The molecule has 0 radical (unpaired) electrons. The predicted molar refractivity (Wildman–Crippen MR) is 91.5 cm³/mol. The van der Waals surface area contributed by atoms with Gasteiger partial charge in [-0.05, 0) is 37.4 Å². The third-order valence-corrected chi connectivity index (χ3v) is 5.10. The van der Waals surface area contributed by atoms with Crippen LogP contribution < -0.4 is 10.6 Å². The Bertz CT molecular complexity index is 578. The number of hydrogen-bond donors (Lipinski definition) is 2. The quantitative estimate of drug-likeness (QED) is 0.815. The van der Waals surface area contributed by atoms with E-state index < -0.39 is 0 Å². The zero-order chi connectivity index (χ0) is 15.9. The molecular formula is C16H23N5OS. The summed E-state index contributed by atoms with van der Waals surface area (Å²) >= 11 is 1.76. The van der Waals surface area contributed by atoms with E-state index in [0.29, 0.717) is 13.1 Å². The highest BCUT2D eigenvalue weighted by Crippen LogP contribution is 2.27. The molecule has 0 aromatic carbocycles. The van der Waals surface area contributed by atoms with Gasteiger partial charge in [-0.15, -0.1) is 11.3 Å². The average molecular weight is 333 g/mol. The molecule has 124 valence electrons. The van der Waals surface area contributed by atoms with Crippen molar-refractivity contribution in [1.82, 2.24) is 25.1 Å². The molecule has 3 rings (SSSR count). The monoisotopic (exact) mass is 333 g/mol. The minimum Gasteiger partial charge on any atom is -0.336 e. The minimum atomic E-state index is -0.106. The fourth-order valence-electron chi connectivity index (χ4n) is 2.91. The molecule has 23 heavy (non-hydrogen) atoms. The Morgan fingerprint density at radius 1 is 1.35 bits per heavy atom. The molecule has 1 aliphatic rings. The molecule has 2 amide bonds. The average Bonchev–Trinajstić information content (AvgIpc) is 3.31. The first-order chi connectivity index (χ1) is 11.3. The van der Waals surface area contributed by atoms with Gasteiger partial charge >= 0.3 is 6.03 Å². The summed E-state index contributed by atoms with van der Waals surface area (Å²) in [4.78, 5) is 19.8. The molecule has 2 aromatic heterocycles. The van der Waals surface area contributed by atoms with Gasteiger partial charge in [-0.3, -0.25) is 4.90 Å². The van der Waals surface area contributed by atoms with Crippen molar-refractivity contribution in [3.8, 4) is 0 Å². The lowest BCUT2D eigenvalue weighted by molar-refractivity contribution is 0.222. The minimum absolute atomic E-state index is 0.106. The van der Waals surface area contributed by atoms with Gasteiger partial charge in [-0.25, -0.2) is 9.78 Å². The third-order valence-electron chi connectivity index (χ3n) is 4.12. The molecule has 7 heteroatoms. The van der Waals surface area contributed by atoms with Gasteiger partial charge in [0.2, 0.25) is 0 Å². The standard InChI is InChI=1S/C16H23N5OS/c22-16(18-6-10-20-9-5-17-13-20)19-12-14(15-4-3-11-23-15)21-7-1-2-8-21/h3-5,9,11,13-14H,1-2,6-8,10,12H2,(H2,18,19,22)/t14-/m1/s1. The lowest BCUT2D eigenvalue weighted by Gasteiger charge is -2.26. The fraction of sp³-hybridized carbons (Fsp3) is 0.500. The Hall–Kier alpha value is -1.86. The van der Waals surface area contributed by atoms with Crippen molar-refractivity contribution >= 4 is 17.4 Å². The van der Waals surface area contributed by atoms with Gasteiger partial charge in [0.25, 0.3) is 0 Å². The molecule has 0 saturated carbocycles.